The fourth-order valence-electron chi connectivity index (χ4n) is 5.27. The highest BCUT2D eigenvalue weighted by molar-refractivity contribution is 5.85. The Morgan fingerprint density at radius 2 is 1.47 bits per heavy atom. The van der Waals surface area contributed by atoms with Gasteiger partial charge in [-0.1, -0.05) is 6.42 Å². The second-order valence-corrected chi connectivity index (χ2v) is 13.8. The molecular weight excluding hydrogens is 604 g/mol. The highest BCUT2D eigenvalue weighted by atomic mass is 16.6. The first-order valence-electron chi connectivity index (χ1n) is 16.3. The largest absolute Gasteiger partial charge is 0.459 e. The number of carbonyl (C=O) groups excluding carboxylic acids is 4. The Balaban J connectivity index is 1.57. The van der Waals surface area contributed by atoms with Crippen LogP contribution in [-0.2, 0) is 54.8 Å². The maximum Gasteiger partial charge on any atom is 0.326 e. The third kappa shape index (κ3) is 13.2. The number of carbonyl (C=O) groups is 4. The molecule has 2 amide bonds. The standard InChI is InChI=1S/C33H50N8O6/c1-32(2,3)46-30(44)23-39-17-13-35-26(39)21-38(22-27-36-14-18-40(27)24-31(45)47-33(4,5)6)15-9-7-8-12-28(42)37-20-29(43)41-16-10-11-25(41)19-34/h13-14,17-18,25H,7-12,15-16,20-24H2,1-6H3,(H,37,42). The molecule has 2 aromatic rings. The van der Waals surface area contributed by atoms with Crippen LogP contribution < -0.4 is 5.32 Å². The van der Waals surface area contributed by atoms with Crippen molar-refractivity contribution < 1.29 is 28.7 Å². The van der Waals surface area contributed by atoms with E-state index in [1.54, 1.807) is 33.9 Å². The number of aromatic nitrogens is 4. The zero-order chi connectivity index (χ0) is 34.6. The second-order valence-electron chi connectivity index (χ2n) is 13.8. The minimum atomic E-state index is -0.601. The number of ether oxygens (including phenoxy) is 2. The lowest BCUT2D eigenvalue weighted by Crippen LogP contribution is -2.42. The van der Waals surface area contributed by atoms with Crippen molar-refractivity contribution >= 4 is 23.8 Å². The maximum atomic E-state index is 12.5. The number of unbranched alkanes of at least 4 members (excludes halogenated alkanes) is 2. The molecule has 0 radical (unpaired) electrons. The minimum absolute atomic E-state index is 0.0280. The number of rotatable bonds is 16. The maximum absolute atomic E-state index is 12.5. The predicted octanol–water partition coefficient (Wildman–Crippen LogP) is 2.96. The summed E-state index contributed by atoms with van der Waals surface area (Å²) in [4.78, 5) is 62.6. The Kier molecular flexibility index (Phi) is 13.5. The van der Waals surface area contributed by atoms with E-state index >= 15 is 0 Å². The van der Waals surface area contributed by atoms with Crippen molar-refractivity contribution in [3.63, 3.8) is 0 Å². The monoisotopic (exact) mass is 654 g/mol. The molecule has 14 heteroatoms. The van der Waals surface area contributed by atoms with Crippen molar-refractivity contribution in [1.82, 2.24) is 34.2 Å². The molecule has 1 saturated heterocycles. The van der Waals surface area contributed by atoms with Gasteiger partial charge < -0.3 is 28.8 Å². The Morgan fingerprint density at radius 1 is 0.915 bits per heavy atom. The molecule has 3 rings (SSSR count). The van der Waals surface area contributed by atoms with Crippen LogP contribution >= 0.6 is 0 Å². The van der Waals surface area contributed by atoms with Crippen LogP contribution in [0.15, 0.2) is 24.8 Å². The molecule has 47 heavy (non-hydrogen) atoms. The van der Waals surface area contributed by atoms with Gasteiger partial charge in [-0.05, 0) is 73.8 Å². The smallest absolute Gasteiger partial charge is 0.326 e. The number of esters is 2. The third-order valence-corrected chi connectivity index (χ3v) is 7.31. The van der Waals surface area contributed by atoms with Crippen molar-refractivity contribution in [2.45, 2.75) is 123 Å². The molecule has 1 atom stereocenters. The van der Waals surface area contributed by atoms with Crippen LogP contribution in [0.25, 0.3) is 0 Å². The SMILES string of the molecule is CC(C)(C)OC(=O)Cn1ccnc1CN(CCCCCC(=O)NCC(=O)N1CCCC1C#N)Cc1nccn1CC(=O)OC(C)(C)C. The van der Waals surface area contributed by atoms with Gasteiger partial charge in [0.05, 0.1) is 25.7 Å². The fraction of sp³-hybridized carbons (Fsp3) is 0.667. The molecule has 1 fully saturated rings. The molecule has 0 saturated carbocycles. The number of hydrogen-bond acceptors (Lipinski definition) is 10. The fourth-order valence-corrected chi connectivity index (χ4v) is 5.27. The van der Waals surface area contributed by atoms with E-state index in [0.717, 1.165) is 19.3 Å². The minimum Gasteiger partial charge on any atom is -0.459 e. The number of likely N-dealkylation sites (tertiary alicyclic amines) is 1. The zero-order valence-corrected chi connectivity index (χ0v) is 28.7. The van der Waals surface area contributed by atoms with Crippen LogP contribution in [0.1, 0.15) is 91.7 Å². The molecule has 0 aliphatic carbocycles. The summed E-state index contributed by atoms with van der Waals surface area (Å²) in [6, 6.07) is 1.73. The van der Waals surface area contributed by atoms with Crippen molar-refractivity contribution in [3.05, 3.63) is 36.4 Å². The van der Waals surface area contributed by atoms with Crippen LogP contribution in [0.5, 0.6) is 0 Å². The lowest BCUT2D eigenvalue weighted by molar-refractivity contribution is -0.156. The van der Waals surface area contributed by atoms with Gasteiger partial charge in [0.15, 0.2) is 0 Å². The zero-order valence-electron chi connectivity index (χ0n) is 28.7. The van der Waals surface area contributed by atoms with E-state index in [4.69, 9.17) is 9.47 Å². The molecule has 3 heterocycles. The van der Waals surface area contributed by atoms with E-state index in [1.807, 2.05) is 41.5 Å². The summed E-state index contributed by atoms with van der Waals surface area (Å²) in [7, 11) is 0. The Hall–Kier alpha value is -4.25. The van der Waals surface area contributed by atoms with Gasteiger partial charge >= 0.3 is 11.9 Å². The first kappa shape index (κ1) is 37.2. The van der Waals surface area contributed by atoms with E-state index in [9.17, 15) is 24.4 Å². The normalized spacial score (nSPS) is 15.0. The lowest BCUT2D eigenvalue weighted by Gasteiger charge is -2.24. The number of nitrogens with zero attached hydrogens (tertiary/aromatic N) is 7. The Labute approximate surface area is 277 Å². The molecule has 0 spiro atoms. The number of nitriles is 1. The molecule has 1 aliphatic rings. The summed E-state index contributed by atoms with van der Waals surface area (Å²) in [6.45, 7) is 12.9. The van der Waals surface area contributed by atoms with Crippen LogP contribution in [0.2, 0.25) is 0 Å². The summed E-state index contributed by atoms with van der Waals surface area (Å²) in [6.07, 6.45) is 10.7. The van der Waals surface area contributed by atoms with Gasteiger partial charge in [0.25, 0.3) is 0 Å². The Morgan fingerprint density at radius 3 is 1.98 bits per heavy atom. The van der Waals surface area contributed by atoms with E-state index in [1.165, 1.54) is 4.90 Å². The molecule has 0 aromatic carbocycles. The van der Waals surface area contributed by atoms with Crippen molar-refractivity contribution in [2.75, 3.05) is 19.6 Å². The van der Waals surface area contributed by atoms with Crippen LogP contribution in [-0.4, -0.2) is 89.5 Å². The quantitative estimate of drug-likeness (QED) is 0.210. The van der Waals surface area contributed by atoms with Crippen molar-refractivity contribution in [1.29, 1.82) is 5.26 Å². The first-order valence-corrected chi connectivity index (χ1v) is 16.3. The van der Waals surface area contributed by atoms with E-state index < -0.39 is 17.2 Å². The summed E-state index contributed by atoms with van der Waals surface area (Å²) in [5, 5.41) is 11.9. The average molecular weight is 655 g/mol. The first-order chi connectivity index (χ1) is 22.1. The van der Waals surface area contributed by atoms with Crippen molar-refractivity contribution in [2.24, 2.45) is 0 Å². The number of nitrogens with one attached hydrogen (secondary N) is 1. The summed E-state index contributed by atoms with van der Waals surface area (Å²) >= 11 is 0. The van der Waals surface area contributed by atoms with Gasteiger partial charge in [-0.15, -0.1) is 0 Å². The van der Waals surface area contributed by atoms with Gasteiger partial charge in [-0.2, -0.15) is 5.26 Å². The Bertz CT molecular complexity index is 1330. The van der Waals surface area contributed by atoms with Crippen LogP contribution in [0.3, 0.4) is 0 Å². The summed E-state index contributed by atoms with van der Waals surface area (Å²) < 4.78 is 14.5. The van der Waals surface area contributed by atoms with Crippen LogP contribution in [0.4, 0.5) is 0 Å². The van der Waals surface area contributed by atoms with Gasteiger partial charge in [0, 0.05) is 37.8 Å². The summed E-state index contributed by atoms with van der Waals surface area (Å²) in [5.41, 5.74) is -1.20. The number of imidazole rings is 2. The number of amides is 2. The molecule has 1 unspecified atom stereocenters. The van der Waals surface area contributed by atoms with E-state index in [2.05, 4.69) is 26.3 Å². The molecular formula is C33H50N8O6. The lowest BCUT2D eigenvalue weighted by atomic mass is 10.1. The molecule has 258 valence electrons. The van der Waals surface area contributed by atoms with Gasteiger partial charge in [-0.3, -0.25) is 24.1 Å². The topological polar surface area (TPSA) is 165 Å². The van der Waals surface area contributed by atoms with Gasteiger partial charge in [0.1, 0.15) is 42.0 Å². The molecule has 1 N–H and O–H groups in total. The summed E-state index contributed by atoms with van der Waals surface area (Å²) in [5.74, 6) is 0.218. The van der Waals surface area contributed by atoms with E-state index in [-0.39, 0.29) is 49.8 Å². The molecule has 2 aromatic heterocycles. The molecule has 1 aliphatic heterocycles. The third-order valence-electron chi connectivity index (χ3n) is 7.31. The van der Waals surface area contributed by atoms with Gasteiger partial charge in [0.2, 0.25) is 11.8 Å². The van der Waals surface area contributed by atoms with Crippen molar-refractivity contribution in [3.8, 4) is 6.07 Å². The van der Waals surface area contributed by atoms with Gasteiger partial charge in [-0.25, -0.2) is 9.97 Å². The average Bonchev–Trinajstić information content (AvgIpc) is 3.71. The van der Waals surface area contributed by atoms with Crippen LogP contribution in [0, 0.1) is 11.3 Å². The molecule has 0 bridgehead atoms. The second kappa shape index (κ2) is 17.1. The number of hydrogen-bond donors (Lipinski definition) is 1. The van der Waals surface area contributed by atoms with E-state index in [0.29, 0.717) is 50.7 Å². The molecule has 14 nitrogen and oxygen atoms in total. The highest BCUT2D eigenvalue weighted by Crippen LogP contribution is 2.17. The predicted molar refractivity (Wildman–Crippen MR) is 172 cm³/mol. The highest BCUT2D eigenvalue weighted by Gasteiger charge is 2.28.